The third kappa shape index (κ3) is 7.87. The van der Waals surface area contributed by atoms with Crippen molar-refractivity contribution in [3.8, 4) is 0 Å². The predicted octanol–water partition coefficient (Wildman–Crippen LogP) is -3.18. The lowest BCUT2D eigenvalue weighted by molar-refractivity contribution is -0.138. The van der Waals surface area contributed by atoms with Crippen LogP contribution in [0.25, 0.3) is 0 Å². The van der Waals surface area contributed by atoms with Crippen molar-refractivity contribution in [2.24, 2.45) is 11.5 Å². The first-order valence-corrected chi connectivity index (χ1v) is 5.84. The summed E-state index contributed by atoms with van der Waals surface area (Å²) >= 11 is 0. The van der Waals surface area contributed by atoms with E-state index in [1.807, 2.05) is 0 Å². The maximum Gasteiger partial charge on any atom is 0.546 e. The van der Waals surface area contributed by atoms with Gasteiger partial charge in [-0.1, -0.05) is 0 Å². The van der Waals surface area contributed by atoms with Gasteiger partial charge in [-0.15, -0.1) is 0 Å². The van der Waals surface area contributed by atoms with Crippen molar-refractivity contribution in [2.75, 3.05) is 6.54 Å². The van der Waals surface area contributed by atoms with Gasteiger partial charge in [0.05, 0.1) is 0 Å². The fraction of sp³-hybridized carbons (Fsp3) is 0.667. The molecule has 0 aromatic rings. The summed E-state index contributed by atoms with van der Waals surface area (Å²) in [6, 6.07) is -0.881. The molecule has 8 nitrogen and oxygen atoms in total. The molecular weight excluding hydrogens is 220 g/mol. The van der Waals surface area contributed by atoms with Crippen molar-refractivity contribution in [1.82, 2.24) is 5.32 Å². The van der Waals surface area contributed by atoms with Crippen LogP contribution in [-0.2, 0) is 9.22 Å². The summed E-state index contributed by atoms with van der Waals surface area (Å²) in [5, 5.41) is 9.38. The van der Waals surface area contributed by atoms with Crippen molar-refractivity contribution >= 4 is 21.5 Å². The number of hydrogen-bond acceptors (Lipinski definition) is 6. The molecule has 9 heteroatoms. The van der Waals surface area contributed by atoms with E-state index in [9.17, 15) is 4.79 Å². The molecule has 15 heavy (non-hydrogen) atoms. The first kappa shape index (κ1) is 13.8. The molecule has 0 saturated carbocycles. The van der Waals surface area contributed by atoms with Crippen molar-refractivity contribution in [1.29, 1.82) is 5.41 Å². The topological polar surface area (TPSA) is 155 Å². The number of hydrogen-bond donors (Lipinski definition) is 6. The maximum atomic E-state index is 11.0. The third-order valence-electron chi connectivity index (χ3n) is 1.53. The predicted molar refractivity (Wildman–Crippen MR) is 54.8 cm³/mol. The number of guanidine groups is 1. The van der Waals surface area contributed by atoms with Crippen LogP contribution in [-0.4, -0.2) is 43.6 Å². The second-order valence-corrected chi connectivity index (χ2v) is 3.74. The van der Waals surface area contributed by atoms with Gasteiger partial charge < -0.3 is 30.8 Å². The zero-order valence-corrected chi connectivity index (χ0v) is 9.30. The summed E-state index contributed by atoms with van der Waals surface area (Å²) < 4.78 is 4.19. The largest absolute Gasteiger partial charge is 0.546 e. The van der Waals surface area contributed by atoms with Gasteiger partial charge in [-0.3, -0.25) is 10.2 Å². The number of nitrogens with one attached hydrogen (secondary N) is 2. The highest BCUT2D eigenvalue weighted by Crippen LogP contribution is 1.96. The van der Waals surface area contributed by atoms with Gasteiger partial charge in [0.1, 0.15) is 6.04 Å². The van der Waals surface area contributed by atoms with E-state index in [1.54, 1.807) is 0 Å². The van der Waals surface area contributed by atoms with Crippen LogP contribution in [0.5, 0.6) is 0 Å². The third-order valence-corrected chi connectivity index (χ3v) is 1.97. The van der Waals surface area contributed by atoms with Gasteiger partial charge in [0, 0.05) is 6.54 Å². The quantitative estimate of drug-likeness (QED) is 0.123. The Morgan fingerprint density at radius 3 is 2.67 bits per heavy atom. The van der Waals surface area contributed by atoms with Crippen LogP contribution >= 0.6 is 0 Å². The monoisotopic (exact) mass is 236 g/mol. The van der Waals surface area contributed by atoms with Crippen LogP contribution in [0.15, 0.2) is 0 Å². The molecule has 0 amide bonds. The molecular formula is C6H16N4O4Si. The van der Waals surface area contributed by atoms with Gasteiger partial charge in [-0.25, -0.2) is 0 Å². The van der Waals surface area contributed by atoms with Gasteiger partial charge >= 0.3 is 15.5 Å². The molecule has 0 radical (unpaired) electrons. The normalized spacial score (nSPS) is 12.3. The van der Waals surface area contributed by atoms with Crippen LogP contribution in [0.1, 0.15) is 12.8 Å². The molecule has 88 valence electrons. The molecule has 0 saturated heterocycles. The smallest absolute Gasteiger partial charge is 0.475 e. The lowest BCUT2D eigenvalue weighted by Crippen LogP contribution is -2.37. The molecule has 1 atom stereocenters. The highest BCUT2D eigenvalue weighted by molar-refractivity contribution is 6.35. The summed E-state index contributed by atoms with van der Waals surface area (Å²) in [6.45, 7) is 0.426. The molecule has 0 aliphatic rings. The summed E-state index contributed by atoms with van der Waals surface area (Å²) in [4.78, 5) is 27.9. The minimum atomic E-state index is -3.34. The Labute approximate surface area is 88.7 Å². The molecule has 0 aromatic heterocycles. The highest BCUT2D eigenvalue weighted by Gasteiger charge is 2.18. The van der Waals surface area contributed by atoms with E-state index in [4.69, 9.17) is 26.5 Å². The van der Waals surface area contributed by atoms with Crippen LogP contribution in [0.3, 0.4) is 0 Å². The summed E-state index contributed by atoms with van der Waals surface area (Å²) in [7, 11) is -3.34. The van der Waals surface area contributed by atoms with E-state index in [1.165, 1.54) is 0 Å². The number of carbonyl (C=O) groups excluding carboxylic acids is 1. The molecule has 0 heterocycles. The minimum Gasteiger partial charge on any atom is -0.475 e. The summed E-state index contributed by atoms with van der Waals surface area (Å²) in [5.41, 5.74) is 10.4. The molecule has 0 aromatic carbocycles. The number of nitrogens with two attached hydrogens (primary N) is 2. The molecule has 0 unspecified atom stereocenters. The van der Waals surface area contributed by atoms with Gasteiger partial charge in [0.25, 0.3) is 0 Å². The highest BCUT2D eigenvalue weighted by atomic mass is 28.3. The molecule has 0 bridgehead atoms. The number of rotatable bonds is 6. The zero-order valence-electron chi connectivity index (χ0n) is 8.14. The molecule has 0 rings (SSSR count). The van der Waals surface area contributed by atoms with Crippen LogP contribution in [0.2, 0.25) is 0 Å². The van der Waals surface area contributed by atoms with Crippen LogP contribution in [0, 0.1) is 5.41 Å². The SMILES string of the molecule is N=C(N)NCCC[C@H](N)C(=O)O[SiH](O)O. The minimum absolute atomic E-state index is 0.149. The Balaban J connectivity index is 3.60. The Morgan fingerprint density at radius 2 is 2.20 bits per heavy atom. The molecule has 0 spiro atoms. The Morgan fingerprint density at radius 1 is 1.60 bits per heavy atom. The van der Waals surface area contributed by atoms with Crippen LogP contribution in [0.4, 0.5) is 0 Å². The average molecular weight is 236 g/mol. The van der Waals surface area contributed by atoms with E-state index in [0.29, 0.717) is 19.4 Å². The fourth-order valence-electron chi connectivity index (χ4n) is 0.854. The fourth-order valence-corrected chi connectivity index (χ4v) is 1.24. The molecule has 8 N–H and O–H groups in total. The molecule has 0 aliphatic carbocycles. The summed E-state index contributed by atoms with van der Waals surface area (Å²) in [6.07, 6.45) is 0.846. The number of carbonyl (C=O) groups is 1. The van der Waals surface area contributed by atoms with Crippen molar-refractivity contribution in [3.05, 3.63) is 0 Å². The lowest BCUT2D eigenvalue weighted by atomic mass is 10.2. The van der Waals surface area contributed by atoms with Crippen LogP contribution < -0.4 is 16.8 Å². The van der Waals surface area contributed by atoms with Gasteiger partial charge in [0.2, 0.25) is 0 Å². The first-order valence-electron chi connectivity index (χ1n) is 4.33. The van der Waals surface area contributed by atoms with E-state index in [2.05, 4.69) is 9.74 Å². The molecule has 0 aliphatic heterocycles. The van der Waals surface area contributed by atoms with Crippen molar-refractivity contribution in [3.63, 3.8) is 0 Å². The standard InChI is InChI=1S/C6H16N4O4Si/c7-4(5(11)14-15(12)13)2-1-3-10-6(8)9/h4,12-13,15H,1-3,7H2,(H4,8,9,10)/t4-/m0/s1. The Kier molecular flexibility index (Phi) is 6.62. The van der Waals surface area contributed by atoms with Crippen molar-refractivity contribution in [2.45, 2.75) is 18.9 Å². The van der Waals surface area contributed by atoms with E-state index in [-0.39, 0.29) is 5.96 Å². The second kappa shape index (κ2) is 7.17. The zero-order chi connectivity index (χ0) is 11.8. The van der Waals surface area contributed by atoms with Crippen molar-refractivity contribution < 1.29 is 18.8 Å². The summed E-state index contributed by atoms with van der Waals surface area (Å²) in [5.74, 6) is -0.969. The molecule has 0 fully saturated rings. The van der Waals surface area contributed by atoms with Gasteiger partial charge in [-0.05, 0) is 12.8 Å². The second-order valence-electron chi connectivity index (χ2n) is 2.85. The van der Waals surface area contributed by atoms with Gasteiger partial charge in [-0.2, -0.15) is 0 Å². The first-order chi connectivity index (χ1) is 6.93. The average Bonchev–Trinajstić information content (AvgIpc) is 2.10. The van der Waals surface area contributed by atoms with E-state index >= 15 is 0 Å². The van der Waals surface area contributed by atoms with E-state index < -0.39 is 21.5 Å². The van der Waals surface area contributed by atoms with Gasteiger partial charge in [0.15, 0.2) is 5.96 Å². The van der Waals surface area contributed by atoms with E-state index in [0.717, 1.165) is 0 Å². The Hall–Kier alpha value is -1.16. The Bertz CT molecular complexity index is 225. The maximum absolute atomic E-state index is 11.0. The lowest BCUT2D eigenvalue weighted by Gasteiger charge is -2.11.